The van der Waals surface area contributed by atoms with Crippen LogP contribution in [0.25, 0.3) is 22.0 Å². The lowest BCUT2D eigenvalue weighted by atomic mass is 10.1. The molecule has 0 aliphatic rings. The first-order valence-electron chi connectivity index (χ1n) is 9.25. The zero-order chi connectivity index (χ0) is 20.4. The highest BCUT2D eigenvalue weighted by molar-refractivity contribution is 5.89. The predicted octanol–water partition coefficient (Wildman–Crippen LogP) is 1.74. The molecule has 0 aliphatic carbocycles. The van der Waals surface area contributed by atoms with Crippen molar-refractivity contribution in [2.45, 2.75) is 33.4 Å². The fourth-order valence-corrected chi connectivity index (χ4v) is 3.06. The highest BCUT2D eigenvalue weighted by Crippen LogP contribution is 2.21. The SMILES string of the molecule is CCCn1cc(NC(=O)Cn2cc(-c3ccc4nc(C)[nH]c(=O)c4c3)cn2)nn1. The molecule has 4 rings (SSSR count). The number of hydrogen-bond donors (Lipinski definition) is 2. The molecule has 3 heterocycles. The molecule has 3 aromatic heterocycles. The molecule has 0 spiro atoms. The highest BCUT2D eigenvalue weighted by atomic mass is 16.2. The molecule has 2 N–H and O–H groups in total. The topological polar surface area (TPSA) is 123 Å². The van der Waals surface area contributed by atoms with E-state index in [9.17, 15) is 9.59 Å². The van der Waals surface area contributed by atoms with Gasteiger partial charge in [-0.2, -0.15) is 5.10 Å². The number of rotatable bonds is 6. The molecule has 0 unspecified atom stereocenters. The fourth-order valence-electron chi connectivity index (χ4n) is 3.06. The Balaban J connectivity index is 1.48. The molecule has 10 nitrogen and oxygen atoms in total. The number of aromatic nitrogens is 7. The van der Waals surface area contributed by atoms with E-state index in [2.05, 4.69) is 30.7 Å². The lowest BCUT2D eigenvalue weighted by Crippen LogP contribution is -2.19. The number of anilines is 1. The summed E-state index contributed by atoms with van der Waals surface area (Å²) < 4.78 is 3.21. The molecule has 0 bridgehead atoms. The van der Waals surface area contributed by atoms with Crippen molar-refractivity contribution in [3.8, 4) is 11.1 Å². The molecule has 0 saturated carbocycles. The van der Waals surface area contributed by atoms with Crippen LogP contribution < -0.4 is 10.9 Å². The van der Waals surface area contributed by atoms with E-state index < -0.39 is 0 Å². The molecule has 0 fully saturated rings. The quantitative estimate of drug-likeness (QED) is 0.515. The normalized spacial score (nSPS) is 11.1. The second kappa shape index (κ2) is 7.66. The van der Waals surface area contributed by atoms with Gasteiger partial charge < -0.3 is 10.3 Å². The number of hydrogen-bond acceptors (Lipinski definition) is 6. The molecule has 29 heavy (non-hydrogen) atoms. The maximum absolute atomic E-state index is 12.2. The minimum atomic E-state index is -0.252. The number of nitrogens with zero attached hydrogens (tertiary/aromatic N) is 6. The van der Waals surface area contributed by atoms with Crippen molar-refractivity contribution in [1.29, 1.82) is 0 Å². The summed E-state index contributed by atoms with van der Waals surface area (Å²) in [7, 11) is 0. The van der Waals surface area contributed by atoms with Crippen LogP contribution in [0.3, 0.4) is 0 Å². The van der Waals surface area contributed by atoms with Crippen LogP contribution in [0.1, 0.15) is 19.2 Å². The summed E-state index contributed by atoms with van der Waals surface area (Å²) in [5.41, 5.74) is 2.08. The molecule has 10 heteroatoms. The largest absolute Gasteiger partial charge is 0.310 e. The van der Waals surface area contributed by atoms with Gasteiger partial charge in [-0.3, -0.25) is 19.0 Å². The summed E-state index contributed by atoms with van der Waals surface area (Å²) in [5.74, 6) is 0.731. The average Bonchev–Trinajstić information content (AvgIpc) is 3.31. The van der Waals surface area contributed by atoms with Crippen LogP contribution in [0.4, 0.5) is 5.82 Å². The second-order valence-electron chi connectivity index (χ2n) is 6.72. The number of carbonyl (C=O) groups excluding carboxylic acids is 1. The summed E-state index contributed by atoms with van der Waals surface area (Å²) in [6, 6.07) is 5.45. The predicted molar refractivity (Wildman–Crippen MR) is 107 cm³/mol. The summed E-state index contributed by atoms with van der Waals surface area (Å²) in [6.07, 6.45) is 6.04. The van der Waals surface area contributed by atoms with E-state index in [-0.39, 0.29) is 18.0 Å². The van der Waals surface area contributed by atoms with Gasteiger partial charge in [0.25, 0.3) is 5.56 Å². The highest BCUT2D eigenvalue weighted by Gasteiger charge is 2.10. The van der Waals surface area contributed by atoms with Crippen molar-refractivity contribution in [3.63, 3.8) is 0 Å². The van der Waals surface area contributed by atoms with Gasteiger partial charge in [-0.25, -0.2) is 4.98 Å². The van der Waals surface area contributed by atoms with Crippen molar-refractivity contribution in [3.05, 3.63) is 53.0 Å². The molecule has 148 valence electrons. The maximum atomic E-state index is 12.2. The van der Waals surface area contributed by atoms with Crippen LogP contribution in [0, 0.1) is 6.92 Å². The van der Waals surface area contributed by atoms with Crippen molar-refractivity contribution < 1.29 is 4.79 Å². The number of fused-ring (bicyclic) bond motifs is 1. The molecule has 0 radical (unpaired) electrons. The van der Waals surface area contributed by atoms with Gasteiger partial charge in [0.2, 0.25) is 5.91 Å². The molecule has 0 aliphatic heterocycles. The zero-order valence-electron chi connectivity index (χ0n) is 16.1. The van der Waals surface area contributed by atoms with E-state index in [1.54, 1.807) is 42.3 Å². The fraction of sp³-hybridized carbons (Fsp3) is 0.263. The van der Waals surface area contributed by atoms with Crippen LogP contribution in [0.5, 0.6) is 0 Å². The van der Waals surface area contributed by atoms with E-state index in [1.807, 2.05) is 13.0 Å². The number of aryl methyl sites for hydroxylation is 2. The number of benzene rings is 1. The van der Waals surface area contributed by atoms with E-state index in [1.165, 1.54) is 4.68 Å². The maximum Gasteiger partial charge on any atom is 0.258 e. The third kappa shape index (κ3) is 4.05. The van der Waals surface area contributed by atoms with Gasteiger partial charge in [-0.1, -0.05) is 18.2 Å². The van der Waals surface area contributed by atoms with Gasteiger partial charge in [-0.05, 0) is 31.0 Å². The van der Waals surface area contributed by atoms with Gasteiger partial charge in [0.1, 0.15) is 12.4 Å². The summed E-state index contributed by atoms with van der Waals surface area (Å²) >= 11 is 0. The Bertz CT molecular complexity index is 1240. The molecule has 1 aromatic carbocycles. The van der Waals surface area contributed by atoms with E-state index >= 15 is 0 Å². The number of H-pyrrole nitrogens is 1. The average molecular weight is 392 g/mol. The third-order valence-corrected chi connectivity index (χ3v) is 4.35. The Kier molecular flexibility index (Phi) is 4.90. The van der Waals surface area contributed by atoms with Crippen LogP contribution >= 0.6 is 0 Å². The molecular weight excluding hydrogens is 372 g/mol. The zero-order valence-corrected chi connectivity index (χ0v) is 16.1. The first kappa shape index (κ1) is 18.5. The number of carbonyl (C=O) groups is 1. The smallest absolute Gasteiger partial charge is 0.258 e. The first-order valence-corrected chi connectivity index (χ1v) is 9.25. The Morgan fingerprint density at radius 3 is 2.90 bits per heavy atom. The van der Waals surface area contributed by atoms with Gasteiger partial charge in [0.15, 0.2) is 5.82 Å². The Morgan fingerprint density at radius 1 is 1.21 bits per heavy atom. The monoisotopic (exact) mass is 392 g/mol. The van der Waals surface area contributed by atoms with Crippen LogP contribution in [0.2, 0.25) is 0 Å². The minimum Gasteiger partial charge on any atom is -0.310 e. The van der Waals surface area contributed by atoms with Crippen molar-refractivity contribution in [1.82, 2.24) is 34.7 Å². The number of nitrogens with one attached hydrogen (secondary N) is 2. The standard InChI is InChI=1S/C19H20N8O2/c1-3-6-26-10-17(24-25-26)23-18(28)11-27-9-14(8-20-27)13-4-5-16-15(7-13)19(29)22-12(2)21-16/h4-5,7-10H,3,6,11H2,1-2H3,(H,23,28)(H,21,22,29). The van der Waals surface area contributed by atoms with Crippen LogP contribution in [0.15, 0.2) is 41.6 Å². The lowest BCUT2D eigenvalue weighted by molar-refractivity contribution is -0.116. The number of aromatic amines is 1. The Hall–Kier alpha value is -3.82. The van der Waals surface area contributed by atoms with Crippen molar-refractivity contribution in [2.75, 3.05) is 5.32 Å². The van der Waals surface area contributed by atoms with Gasteiger partial charge >= 0.3 is 0 Å². The van der Waals surface area contributed by atoms with Crippen LogP contribution in [-0.2, 0) is 17.9 Å². The molecule has 0 atom stereocenters. The molecule has 1 amide bonds. The van der Waals surface area contributed by atoms with Crippen molar-refractivity contribution in [2.24, 2.45) is 0 Å². The molecule has 4 aromatic rings. The van der Waals surface area contributed by atoms with Crippen molar-refractivity contribution >= 4 is 22.6 Å². The van der Waals surface area contributed by atoms with Gasteiger partial charge in [0.05, 0.1) is 23.3 Å². The summed E-state index contributed by atoms with van der Waals surface area (Å²) in [6.45, 7) is 4.57. The summed E-state index contributed by atoms with van der Waals surface area (Å²) in [4.78, 5) is 31.4. The minimum absolute atomic E-state index is 0.0373. The lowest BCUT2D eigenvalue weighted by Gasteiger charge is -2.03. The Labute approximate surface area is 165 Å². The number of amides is 1. The summed E-state index contributed by atoms with van der Waals surface area (Å²) in [5, 5.41) is 15.3. The molecule has 0 saturated heterocycles. The van der Waals surface area contributed by atoms with E-state index in [4.69, 9.17) is 0 Å². The van der Waals surface area contributed by atoms with Gasteiger partial charge in [-0.15, -0.1) is 5.10 Å². The second-order valence-corrected chi connectivity index (χ2v) is 6.72. The third-order valence-electron chi connectivity index (χ3n) is 4.35. The van der Waals surface area contributed by atoms with Gasteiger partial charge in [0, 0.05) is 18.3 Å². The van der Waals surface area contributed by atoms with Crippen LogP contribution in [-0.4, -0.2) is 40.6 Å². The first-order chi connectivity index (χ1) is 14.0. The van der Waals surface area contributed by atoms with E-state index in [0.29, 0.717) is 22.5 Å². The van der Waals surface area contributed by atoms with E-state index in [0.717, 1.165) is 24.1 Å². The Morgan fingerprint density at radius 2 is 2.07 bits per heavy atom. The molecular formula is C19H20N8O2.